The molecule has 7 heteroatoms. The number of piperidine rings is 2. The minimum Gasteiger partial charge on any atom is -0.342 e. The molecule has 2 fully saturated rings. The fourth-order valence-corrected chi connectivity index (χ4v) is 3.77. The van der Waals surface area contributed by atoms with Crippen LogP contribution in [0.15, 0.2) is 18.2 Å². The van der Waals surface area contributed by atoms with Crippen LogP contribution < -0.4 is 5.32 Å². The lowest BCUT2D eigenvalue weighted by Gasteiger charge is -2.47. The highest BCUT2D eigenvalue weighted by Gasteiger charge is 2.41. The van der Waals surface area contributed by atoms with Gasteiger partial charge in [-0.2, -0.15) is 0 Å². The lowest BCUT2D eigenvalue weighted by molar-refractivity contribution is -0.138. The Morgan fingerprint density at radius 2 is 1.96 bits per heavy atom. The van der Waals surface area contributed by atoms with Gasteiger partial charge in [-0.25, -0.2) is 13.6 Å². The first kappa shape index (κ1) is 17.6. The number of carbonyl (C=O) groups is 2. The Kier molecular flexibility index (Phi) is 4.92. The van der Waals surface area contributed by atoms with Crippen molar-refractivity contribution in [2.45, 2.75) is 32.6 Å². The lowest BCUT2D eigenvalue weighted by atomic mass is 9.72. The maximum absolute atomic E-state index is 13.7. The zero-order chi connectivity index (χ0) is 18.0. The highest BCUT2D eigenvalue weighted by molar-refractivity contribution is 5.89. The van der Waals surface area contributed by atoms with Gasteiger partial charge in [0.05, 0.1) is 5.69 Å². The van der Waals surface area contributed by atoms with Crippen molar-refractivity contribution in [2.24, 2.45) is 5.41 Å². The normalized spacial score (nSPS) is 20.0. The molecule has 2 aliphatic rings. The number of carbonyl (C=O) groups excluding carboxylic acids is 2. The third kappa shape index (κ3) is 3.75. The lowest BCUT2D eigenvalue weighted by Crippen LogP contribution is -2.52. The summed E-state index contributed by atoms with van der Waals surface area (Å²) in [6.07, 6.45) is 3.05. The van der Waals surface area contributed by atoms with Crippen molar-refractivity contribution in [1.82, 2.24) is 9.80 Å². The molecule has 1 aromatic rings. The number of urea groups is 1. The first-order chi connectivity index (χ1) is 11.9. The summed E-state index contributed by atoms with van der Waals surface area (Å²) in [6.45, 7) is 4.54. The fourth-order valence-electron chi connectivity index (χ4n) is 3.77. The van der Waals surface area contributed by atoms with Gasteiger partial charge in [0, 0.05) is 38.7 Å². The molecule has 0 saturated carbocycles. The monoisotopic (exact) mass is 351 g/mol. The van der Waals surface area contributed by atoms with E-state index in [9.17, 15) is 18.4 Å². The van der Waals surface area contributed by atoms with E-state index in [0.29, 0.717) is 26.1 Å². The van der Waals surface area contributed by atoms with Crippen LogP contribution in [-0.2, 0) is 4.79 Å². The van der Waals surface area contributed by atoms with Gasteiger partial charge >= 0.3 is 6.03 Å². The number of hydrogen-bond acceptors (Lipinski definition) is 2. The molecule has 0 atom stereocenters. The van der Waals surface area contributed by atoms with Crippen LogP contribution in [0.4, 0.5) is 19.3 Å². The summed E-state index contributed by atoms with van der Waals surface area (Å²) >= 11 is 0. The molecule has 0 aliphatic carbocycles. The van der Waals surface area contributed by atoms with Gasteiger partial charge in [-0.15, -0.1) is 0 Å². The zero-order valence-electron chi connectivity index (χ0n) is 14.4. The molecule has 0 unspecified atom stereocenters. The molecule has 2 heterocycles. The molecule has 0 bridgehead atoms. The Morgan fingerprint density at radius 1 is 1.24 bits per heavy atom. The summed E-state index contributed by atoms with van der Waals surface area (Å²) in [5.41, 5.74) is -0.0733. The second-order valence-corrected chi connectivity index (χ2v) is 6.95. The first-order valence-electron chi connectivity index (χ1n) is 8.71. The maximum Gasteiger partial charge on any atom is 0.321 e. The topological polar surface area (TPSA) is 52.7 Å². The number of amides is 3. The van der Waals surface area contributed by atoms with Crippen molar-refractivity contribution in [2.75, 3.05) is 31.5 Å². The Morgan fingerprint density at radius 3 is 2.64 bits per heavy atom. The average Bonchev–Trinajstić information content (AvgIpc) is 2.61. The Hall–Kier alpha value is -2.18. The van der Waals surface area contributed by atoms with Crippen molar-refractivity contribution < 1.29 is 18.4 Å². The number of likely N-dealkylation sites (tertiary alicyclic amines) is 2. The van der Waals surface area contributed by atoms with E-state index in [1.54, 1.807) is 4.90 Å². The second-order valence-electron chi connectivity index (χ2n) is 6.95. The fraction of sp³-hybridized carbons (Fsp3) is 0.556. The van der Waals surface area contributed by atoms with Crippen LogP contribution in [0, 0.1) is 17.0 Å². The summed E-state index contributed by atoms with van der Waals surface area (Å²) < 4.78 is 26.9. The first-order valence-corrected chi connectivity index (χ1v) is 8.71. The van der Waals surface area contributed by atoms with Gasteiger partial charge in [-0.3, -0.25) is 4.79 Å². The number of benzene rings is 1. The smallest absolute Gasteiger partial charge is 0.321 e. The molecule has 1 aromatic carbocycles. The number of anilines is 1. The van der Waals surface area contributed by atoms with Crippen molar-refractivity contribution in [3.8, 4) is 0 Å². The molecule has 3 amide bonds. The molecule has 0 radical (unpaired) electrons. The molecule has 3 rings (SSSR count). The van der Waals surface area contributed by atoms with Gasteiger partial charge in [0.2, 0.25) is 5.91 Å². The number of halogens is 2. The van der Waals surface area contributed by atoms with E-state index in [2.05, 4.69) is 5.32 Å². The van der Waals surface area contributed by atoms with Crippen LogP contribution in [0.3, 0.4) is 0 Å². The van der Waals surface area contributed by atoms with E-state index in [1.165, 1.54) is 0 Å². The van der Waals surface area contributed by atoms with Gasteiger partial charge in [0.25, 0.3) is 0 Å². The van der Waals surface area contributed by atoms with E-state index in [-0.39, 0.29) is 17.0 Å². The molecule has 2 saturated heterocycles. The SMILES string of the molecule is CCN1CC2(CCC1=O)CCN(C(=O)Nc1cc(F)ccc1F)CC2. The van der Waals surface area contributed by atoms with Gasteiger partial charge < -0.3 is 15.1 Å². The zero-order valence-corrected chi connectivity index (χ0v) is 14.4. The Bertz CT molecular complexity index is 672. The predicted octanol–water partition coefficient (Wildman–Crippen LogP) is 3.22. The summed E-state index contributed by atoms with van der Waals surface area (Å²) in [5, 5.41) is 2.45. The van der Waals surface area contributed by atoms with Gasteiger partial charge in [0.15, 0.2) is 0 Å². The van der Waals surface area contributed by atoms with E-state index in [0.717, 1.165) is 44.0 Å². The van der Waals surface area contributed by atoms with Crippen LogP contribution in [0.1, 0.15) is 32.6 Å². The highest BCUT2D eigenvalue weighted by atomic mass is 19.1. The van der Waals surface area contributed by atoms with Gasteiger partial charge in [-0.1, -0.05) is 0 Å². The molecular weight excluding hydrogens is 328 g/mol. The van der Waals surface area contributed by atoms with Crippen LogP contribution >= 0.6 is 0 Å². The molecule has 136 valence electrons. The average molecular weight is 351 g/mol. The maximum atomic E-state index is 13.7. The minimum absolute atomic E-state index is 0.0742. The minimum atomic E-state index is -0.660. The predicted molar refractivity (Wildman–Crippen MR) is 90.1 cm³/mol. The van der Waals surface area contributed by atoms with E-state index < -0.39 is 17.7 Å². The molecule has 0 aromatic heterocycles. The van der Waals surface area contributed by atoms with E-state index >= 15 is 0 Å². The number of nitrogens with zero attached hydrogens (tertiary/aromatic N) is 2. The molecule has 25 heavy (non-hydrogen) atoms. The summed E-state index contributed by atoms with van der Waals surface area (Å²) in [6, 6.07) is 2.57. The second kappa shape index (κ2) is 6.98. The van der Waals surface area contributed by atoms with Crippen molar-refractivity contribution in [3.05, 3.63) is 29.8 Å². The number of rotatable bonds is 2. The molecule has 2 aliphatic heterocycles. The third-order valence-electron chi connectivity index (χ3n) is 5.41. The quantitative estimate of drug-likeness (QED) is 0.889. The standard InChI is InChI=1S/C18H23F2N3O2/c1-2-22-12-18(6-5-16(22)24)7-9-23(10-8-18)17(25)21-15-11-13(19)3-4-14(15)20/h3-4,11H,2,5-10,12H2,1H3,(H,21,25). The third-order valence-corrected chi connectivity index (χ3v) is 5.41. The van der Waals surface area contributed by atoms with Gasteiger partial charge in [-0.05, 0) is 43.7 Å². The van der Waals surface area contributed by atoms with Crippen LogP contribution in [0.25, 0.3) is 0 Å². The molecule has 1 N–H and O–H groups in total. The largest absolute Gasteiger partial charge is 0.342 e. The summed E-state index contributed by atoms with van der Waals surface area (Å²) in [7, 11) is 0. The van der Waals surface area contributed by atoms with E-state index in [4.69, 9.17) is 0 Å². The number of nitrogens with one attached hydrogen (secondary N) is 1. The molecular formula is C18H23F2N3O2. The van der Waals surface area contributed by atoms with Crippen molar-refractivity contribution in [3.63, 3.8) is 0 Å². The number of hydrogen-bond donors (Lipinski definition) is 1. The Balaban J connectivity index is 1.59. The van der Waals surface area contributed by atoms with Crippen molar-refractivity contribution in [1.29, 1.82) is 0 Å². The molecule has 5 nitrogen and oxygen atoms in total. The van der Waals surface area contributed by atoms with Gasteiger partial charge in [0.1, 0.15) is 11.6 Å². The van der Waals surface area contributed by atoms with Crippen LogP contribution in [-0.4, -0.2) is 47.9 Å². The Labute approximate surface area is 146 Å². The summed E-state index contributed by atoms with van der Waals surface area (Å²) in [5.74, 6) is -1.05. The molecule has 1 spiro atoms. The highest BCUT2D eigenvalue weighted by Crippen LogP contribution is 2.40. The van der Waals surface area contributed by atoms with Crippen LogP contribution in [0.5, 0.6) is 0 Å². The van der Waals surface area contributed by atoms with Crippen molar-refractivity contribution >= 4 is 17.6 Å². The van der Waals surface area contributed by atoms with Crippen LogP contribution in [0.2, 0.25) is 0 Å². The van der Waals surface area contributed by atoms with E-state index in [1.807, 2.05) is 11.8 Å². The summed E-state index contributed by atoms with van der Waals surface area (Å²) in [4.78, 5) is 27.7.